The number of carbonyl (C=O) groups excluding carboxylic acids is 1. The fourth-order valence-corrected chi connectivity index (χ4v) is 4.35. The standard InChI is InChI=1S/C24H32N2O3/c1-15(2)18-9-12-21(13-10-18)26-16(3)14-22(17(26)4)23(27)25-20-7-5-6-19(8-11-20)24(28)29/h9-10,12-15,19-20H,5-8,11H2,1-4H3,(H,25,27)(H,28,29). The number of hydrogen-bond donors (Lipinski definition) is 2. The molecule has 5 heteroatoms. The predicted octanol–water partition coefficient (Wildman–Crippen LogP) is 4.98. The number of nitrogens with zero attached hydrogens (tertiary/aromatic N) is 1. The molecule has 1 aromatic carbocycles. The molecule has 1 aliphatic rings. The van der Waals surface area contributed by atoms with Crippen molar-refractivity contribution in [2.75, 3.05) is 0 Å². The van der Waals surface area contributed by atoms with Gasteiger partial charge in [0.1, 0.15) is 0 Å². The van der Waals surface area contributed by atoms with E-state index in [9.17, 15) is 14.7 Å². The number of amides is 1. The molecule has 2 aromatic rings. The van der Waals surface area contributed by atoms with E-state index in [4.69, 9.17) is 0 Å². The van der Waals surface area contributed by atoms with Gasteiger partial charge in [0.25, 0.3) is 5.91 Å². The lowest BCUT2D eigenvalue weighted by atomic mass is 10.0. The highest BCUT2D eigenvalue weighted by Crippen LogP contribution is 2.26. The van der Waals surface area contributed by atoms with E-state index in [1.807, 2.05) is 19.9 Å². The third kappa shape index (κ3) is 4.72. The Labute approximate surface area is 173 Å². The van der Waals surface area contributed by atoms with E-state index in [0.29, 0.717) is 24.3 Å². The fourth-order valence-electron chi connectivity index (χ4n) is 4.35. The Morgan fingerprint density at radius 3 is 2.38 bits per heavy atom. The second-order valence-corrected chi connectivity index (χ2v) is 8.58. The van der Waals surface area contributed by atoms with Crippen molar-refractivity contribution in [2.45, 2.75) is 71.8 Å². The summed E-state index contributed by atoms with van der Waals surface area (Å²) in [6.07, 6.45) is 3.72. The summed E-state index contributed by atoms with van der Waals surface area (Å²) >= 11 is 0. The van der Waals surface area contributed by atoms with Gasteiger partial charge in [0.05, 0.1) is 11.5 Å². The minimum atomic E-state index is -0.719. The normalized spacial score (nSPS) is 19.8. The van der Waals surface area contributed by atoms with Crippen LogP contribution in [0, 0.1) is 19.8 Å². The molecule has 29 heavy (non-hydrogen) atoms. The first-order chi connectivity index (χ1) is 13.8. The van der Waals surface area contributed by atoms with Gasteiger partial charge in [-0.1, -0.05) is 32.4 Å². The van der Waals surface area contributed by atoms with Crippen LogP contribution >= 0.6 is 0 Å². The van der Waals surface area contributed by atoms with Crippen LogP contribution in [0.1, 0.15) is 79.2 Å². The molecule has 1 aromatic heterocycles. The van der Waals surface area contributed by atoms with Crippen molar-refractivity contribution in [3.05, 3.63) is 52.8 Å². The minimum Gasteiger partial charge on any atom is -0.481 e. The molecule has 0 spiro atoms. The summed E-state index contributed by atoms with van der Waals surface area (Å²) in [6.45, 7) is 8.35. The maximum atomic E-state index is 13.0. The zero-order valence-electron chi connectivity index (χ0n) is 17.9. The molecule has 156 valence electrons. The molecule has 0 radical (unpaired) electrons. The summed E-state index contributed by atoms with van der Waals surface area (Å²) < 4.78 is 2.12. The quantitative estimate of drug-likeness (QED) is 0.700. The number of carboxylic acid groups (broad SMARTS) is 1. The predicted molar refractivity (Wildman–Crippen MR) is 115 cm³/mol. The molecule has 1 fully saturated rings. The first-order valence-electron chi connectivity index (χ1n) is 10.6. The average molecular weight is 397 g/mol. The highest BCUT2D eigenvalue weighted by Gasteiger charge is 2.25. The Morgan fingerprint density at radius 1 is 1.07 bits per heavy atom. The van der Waals surface area contributed by atoms with Gasteiger partial charge in [0.2, 0.25) is 0 Å². The SMILES string of the molecule is Cc1cc(C(=O)NC2CCCC(C(=O)O)CC2)c(C)n1-c1ccc(C(C)C)cc1. The van der Waals surface area contributed by atoms with E-state index >= 15 is 0 Å². The molecule has 2 atom stereocenters. The van der Waals surface area contributed by atoms with E-state index in [1.54, 1.807) is 0 Å². The number of carboxylic acids is 1. The van der Waals surface area contributed by atoms with Crippen LogP contribution in [0.2, 0.25) is 0 Å². The van der Waals surface area contributed by atoms with Crippen molar-refractivity contribution in [1.29, 1.82) is 0 Å². The second-order valence-electron chi connectivity index (χ2n) is 8.58. The molecule has 0 bridgehead atoms. The molecular weight excluding hydrogens is 364 g/mol. The van der Waals surface area contributed by atoms with Gasteiger partial charge in [-0.2, -0.15) is 0 Å². The number of nitrogens with one attached hydrogen (secondary N) is 1. The maximum Gasteiger partial charge on any atom is 0.306 e. The van der Waals surface area contributed by atoms with Crippen LogP contribution in [0.25, 0.3) is 5.69 Å². The van der Waals surface area contributed by atoms with Crippen molar-refractivity contribution >= 4 is 11.9 Å². The summed E-state index contributed by atoms with van der Waals surface area (Å²) in [5.41, 5.74) is 4.99. The van der Waals surface area contributed by atoms with Gasteiger partial charge in [-0.25, -0.2) is 0 Å². The Balaban J connectivity index is 1.75. The van der Waals surface area contributed by atoms with Crippen LogP contribution < -0.4 is 5.32 Å². The van der Waals surface area contributed by atoms with Crippen LogP contribution in [0.15, 0.2) is 30.3 Å². The minimum absolute atomic E-state index is 0.0419. The zero-order chi connectivity index (χ0) is 21.1. The molecular formula is C24H32N2O3. The van der Waals surface area contributed by atoms with Gasteiger partial charge in [-0.3, -0.25) is 9.59 Å². The molecule has 0 aliphatic heterocycles. The topological polar surface area (TPSA) is 71.3 Å². The smallest absolute Gasteiger partial charge is 0.306 e. The summed E-state index contributed by atoms with van der Waals surface area (Å²) in [5.74, 6) is -0.584. The van der Waals surface area contributed by atoms with Crippen LogP contribution in [0.4, 0.5) is 0 Å². The van der Waals surface area contributed by atoms with Gasteiger partial charge >= 0.3 is 5.97 Å². The monoisotopic (exact) mass is 396 g/mol. The molecule has 5 nitrogen and oxygen atoms in total. The summed E-state index contributed by atoms with van der Waals surface area (Å²) in [6, 6.07) is 10.5. The lowest BCUT2D eigenvalue weighted by Crippen LogP contribution is -2.34. The Bertz CT molecular complexity index is 880. The van der Waals surface area contributed by atoms with Crippen molar-refractivity contribution in [1.82, 2.24) is 9.88 Å². The van der Waals surface area contributed by atoms with Gasteiger partial charge < -0.3 is 15.0 Å². The Kier molecular flexibility index (Phi) is 6.46. The molecule has 1 heterocycles. The number of aliphatic carboxylic acids is 1. The third-order valence-electron chi connectivity index (χ3n) is 6.15. The number of carbonyl (C=O) groups is 2. The highest BCUT2D eigenvalue weighted by molar-refractivity contribution is 5.96. The van der Waals surface area contributed by atoms with E-state index in [0.717, 1.165) is 36.3 Å². The number of aryl methyl sites for hydroxylation is 1. The Morgan fingerprint density at radius 2 is 1.76 bits per heavy atom. The van der Waals surface area contributed by atoms with Crippen LogP contribution in [0.5, 0.6) is 0 Å². The van der Waals surface area contributed by atoms with Crippen molar-refractivity contribution in [3.8, 4) is 5.69 Å². The molecule has 1 saturated carbocycles. The van der Waals surface area contributed by atoms with Crippen LogP contribution in [-0.4, -0.2) is 27.6 Å². The van der Waals surface area contributed by atoms with Crippen molar-refractivity contribution in [2.24, 2.45) is 5.92 Å². The molecule has 0 saturated heterocycles. The van der Waals surface area contributed by atoms with Crippen molar-refractivity contribution in [3.63, 3.8) is 0 Å². The average Bonchev–Trinajstić information content (AvgIpc) is 2.83. The Hall–Kier alpha value is -2.56. The lowest BCUT2D eigenvalue weighted by Gasteiger charge is -2.17. The third-order valence-corrected chi connectivity index (χ3v) is 6.15. The summed E-state index contributed by atoms with van der Waals surface area (Å²) in [7, 11) is 0. The zero-order valence-corrected chi connectivity index (χ0v) is 17.9. The highest BCUT2D eigenvalue weighted by atomic mass is 16.4. The lowest BCUT2D eigenvalue weighted by molar-refractivity contribution is -0.142. The maximum absolute atomic E-state index is 13.0. The number of hydrogen-bond acceptors (Lipinski definition) is 2. The van der Waals surface area contributed by atoms with Gasteiger partial charge in [0, 0.05) is 23.1 Å². The van der Waals surface area contributed by atoms with E-state index < -0.39 is 5.97 Å². The number of rotatable bonds is 5. The largest absolute Gasteiger partial charge is 0.481 e. The van der Waals surface area contributed by atoms with E-state index in [-0.39, 0.29) is 17.9 Å². The van der Waals surface area contributed by atoms with Crippen LogP contribution in [-0.2, 0) is 4.79 Å². The van der Waals surface area contributed by atoms with E-state index in [1.165, 1.54) is 5.56 Å². The first kappa shape index (κ1) is 21.2. The molecule has 1 aliphatic carbocycles. The van der Waals surface area contributed by atoms with E-state index in [2.05, 4.69) is 48.0 Å². The second kappa shape index (κ2) is 8.85. The first-order valence-corrected chi connectivity index (χ1v) is 10.6. The molecule has 1 amide bonds. The number of aromatic nitrogens is 1. The van der Waals surface area contributed by atoms with Crippen molar-refractivity contribution < 1.29 is 14.7 Å². The van der Waals surface area contributed by atoms with Crippen LogP contribution in [0.3, 0.4) is 0 Å². The van der Waals surface area contributed by atoms with Gasteiger partial charge in [-0.15, -0.1) is 0 Å². The molecule has 2 unspecified atom stereocenters. The summed E-state index contributed by atoms with van der Waals surface area (Å²) in [4.78, 5) is 24.2. The van der Waals surface area contributed by atoms with Gasteiger partial charge in [-0.05, 0) is 69.2 Å². The molecule has 2 N–H and O–H groups in total. The molecule has 3 rings (SSSR count). The summed E-state index contributed by atoms with van der Waals surface area (Å²) in [5, 5.41) is 12.4. The fraction of sp³-hybridized carbons (Fsp3) is 0.500. The van der Waals surface area contributed by atoms with Gasteiger partial charge in [0.15, 0.2) is 0 Å². The number of benzene rings is 1.